The first kappa shape index (κ1) is 11.1. The second kappa shape index (κ2) is 3.64. The predicted molar refractivity (Wildman–Crippen MR) is 65.3 cm³/mol. The summed E-state index contributed by atoms with van der Waals surface area (Å²) >= 11 is 0. The van der Waals surface area contributed by atoms with Gasteiger partial charge in [-0.05, 0) is 12.8 Å². The normalized spacial score (nSPS) is 28.3. The minimum Gasteiger partial charge on any atom is -0.394 e. The Morgan fingerprint density at radius 3 is 3.11 bits per heavy atom. The fourth-order valence-corrected chi connectivity index (χ4v) is 3.27. The van der Waals surface area contributed by atoms with E-state index in [1.54, 1.807) is 12.7 Å². The first-order valence-electron chi connectivity index (χ1n) is 6.43. The third-order valence-electron chi connectivity index (χ3n) is 4.50. The molecule has 2 aliphatic rings. The van der Waals surface area contributed by atoms with E-state index in [-0.39, 0.29) is 29.7 Å². The lowest BCUT2D eigenvalue weighted by atomic mass is 9.93. The number of aromatic nitrogens is 4. The van der Waals surface area contributed by atoms with Crippen LogP contribution in [-0.4, -0.2) is 43.9 Å². The van der Waals surface area contributed by atoms with E-state index >= 15 is 0 Å². The van der Waals surface area contributed by atoms with Crippen molar-refractivity contribution in [1.82, 2.24) is 19.5 Å². The number of fused-ring (bicyclic) bond motifs is 1. The van der Waals surface area contributed by atoms with Gasteiger partial charge >= 0.3 is 0 Å². The van der Waals surface area contributed by atoms with Gasteiger partial charge in [-0.2, -0.15) is 0 Å². The van der Waals surface area contributed by atoms with E-state index in [9.17, 15) is 5.11 Å². The zero-order valence-electron chi connectivity index (χ0n) is 10.3. The molecule has 0 aromatic carbocycles. The standard InChI is InChI=1S/C12H15N5O2/c13-10-9-11(15-5-14-9)17(6-16-10)7-4-19-8(3-18)12(7)1-2-12/h5-8,13,18H,1-4H2,(H,14,15)/t7-,8+/m0/s1. The number of aliphatic hydroxyl groups is 1. The molecular formula is C12H15N5O2. The molecule has 7 nitrogen and oxygen atoms in total. The fraction of sp³-hybridized carbons (Fsp3) is 0.583. The smallest absolute Gasteiger partial charge is 0.173 e. The van der Waals surface area contributed by atoms with Crippen molar-refractivity contribution in [3.8, 4) is 0 Å². The predicted octanol–water partition coefficient (Wildman–Crippen LogP) is -0.0487. The fourth-order valence-electron chi connectivity index (χ4n) is 3.27. The van der Waals surface area contributed by atoms with Crippen LogP contribution in [0.1, 0.15) is 18.9 Å². The Balaban J connectivity index is 1.86. The first-order valence-corrected chi connectivity index (χ1v) is 6.43. The van der Waals surface area contributed by atoms with Gasteiger partial charge in [-0.15, -0.1) is 0 Å². The molecule has 7 heteroatoms. The Labute approximate surface area is 108 Å². The summed E-state index contributed by atoms with van der Waals surface area (Å²) in [5.74, 6) is 0. The zero-order valence-corrected chi connectivity index (χ0v) is 10.3. The number of hydrogen-bond acceptors (Lipinski definition) is 5. The minimum absolute atomic E-state index is 0.0243. The quantitative estimate of drug-likeness (QED) is 0.705. The molecule has 1 spiro atoms. The molecule has 2 aromatic heterocycles. The third kappa shape index (κ3) is 1.36. The summed E-state index contributed by atoms with van der Waals surface area (Å²) < 4.78 is 7.71. The van der Waals surface area contributed by atoms with E-state index in [0.29, 0.717) is 12.1 Å². The highest BCUT2D eigenvalue weighted by molar-refractivity contribution is 5.68. The Bertz CT molecular complexity index is 687. The van der Waals surface area contributed by atoms with Crippen molar-refractivity contribution in [2.45, 2.75) is 25.0 Å². The summed E-state index contributed by atoms with van der Waals surface area (Å²) in [6, 6.07) is 0.142. The summed E-state index contributed by atoms with van der Waals surface area (Å²) in [6.45, 7) is 0.627. The molecule has 1 aliphatic heterocycles. The minimum atomic E-state index is -0.0883. The number of aliphatic hydroxyl groups excluding tert-OH is 1. The Morgan fingerprint density at radius 1 is 1.53 bits per heavy atom. The average Bonchev–Trinajstić information content (AvgIpc) is 2.89. The van der Waals surface area contributed by atoms with Crippen LogP contribution in [0.3, 0.4) is 0 Å². The van der Waals surface area contributed by atoms with E-state index in [1.807, 2.05) is 4.57 Å². The monoisotopic (exact) mass is 261 g/mol. The maximum absolute atomic E-state index is 9.42. The van der Waals surface area contributed by atoms with Gasteiger partial charge in [0.15, 0.2) is 11.1 Å². The van der Waals surface area contributed by atoms with Gasteiger partial charge in [0, 0.05) is 5.41 Å². The molecule has 2 fully saturated rings. The molecule has 3 N–H and O–H groups in total. The van der Waals surface area contributed by atoms with E-state index in [2.05, 4.69) is 15.0 Å². The summed E-state index contributed by atoms with van der Waals surface area (Å²) in [5, 5.41) is 17.2. The van der Waals surface area contributed by atoms with Crippen LogP contribution < -0.4 is 5.49 Å². The number of nitrogens with zero attached hydrogens (tertiary/aromatic N) is 3. The van der Waals surface area contributed by atoms with Crippen LogP contribution in [0.25, 0.3) is 11.2 Å². The van der Waals surface area contributed by atoms with Gasteiger partial charge in [0.05, 0.1) is 38.0 Å². The number of H-pyrrole nitrogens is 1. The number of ether oxygens (including phenoxy) is 1. The van der Waals surface area contributed by atoms with Crippen molar-refractivity contribution in [1.29, 1.82) is 5.41 Å². The van der Waals surface area contributed by atoms with Gasteiger partial charge in [-0.25, -0.2) is 9.97 Å². The highest BCUT2D eigenvalue weighted by Gasteiger charge is 2.60. The number of hydrogen-bond donors (Lipinski definition) is 3. The van der Waals surface area contributed by atoms with Gasteiger partial charge in [-0.1, -0.05) is 0 Å². The van der Waals surface area contributed by atoms with Crippen LogP contribution >= 0.6 is 0 Å². The van der Waals surface area contributed by atoms with Crippen LogP contribution in [0.4, 0.5) is 0 Å². The second-order valence-corrected chi connectivity index (χ2v) is 5.36. The molecule has 0 radical (unpaired) electrons. The van der Waals surface area contributed by atoms with E-state index < -0.39 is 0 Å². The SMILES string of the molecule is N=c1ncn([C@H]2CO[C@H](CO)C23CC3)c2nc[nH]c12. The molecule has 19 heavy (non-hydrogen) atoms. The lowest BCUT2D eigenvalue weighted by molar-refractivity contribution is 0.0339. The molecule has 0 unspecified atom stereocenters. The van der Waals surface area contributed by atoms with E-state index in [0.717, 1.165) is 18.5 Å². The molecule has 0 bridgehead atoms. The highest BCUT2D eigenvalue weighted by Crippen LogP contribution is 2.61. The van der Waals surface area contributed by atoms with Gasteiger partial charge in [-0.3, -0.25) is 5.41 Å². The van der Waals surface area contributed by atoms with Crippen LogP contribution in [0.2, 0.25) is 0 Å². The summed E-state index contributed by atoms with van der Waals surface area (Å²) in [6.07, 6.45) is 5.28. The molecule has 3 heterocycles. The summed E-state index contributed by atoms with van der Waals surface area (Å²) in [4.78, 5) is 11.4. The molecular weight excluding hydrogens is 246 g/mol. The maximum atomic E-state index is 9.42. The highest BCUT2D eigenvalue weighted by atomic mass is 16.5. The second-order valence-electron chi connectivity index (χ2n) is 5.36. The molecule has 1 saturated carbocycles. The first-order chi connectivity index (χ1) is 9.26. The van der Waals surface area contributed by atoms with Gasteiger partial charge < -0.3 is 19.4 Å². The van der Waals surface area contributed by atoms with Gasteiger partial charge in [0.1, 0.15) is 5.52 Å². The largest absolute Gasteiger partial charge is 0.394 e. The van der Waals surface area contributed by atoms with Crippen LogP contribution in [0.5, 0.6) is 0 Å². The number of imidazole rings is 1. The zero-order chi connectivity index (χ0) is 13.0. The third-order valence-corrected chi connectivity index (χ3v) is 4.50. The number of nitrogens with one attached hydrogen (secondary N) is 2. The Kier molecular flexibility index (Phi) is 2.13. The summed E-state index contributed by atoms with van der Waals surface area (Å²) in [5.41, 5.74) is 1.60. The van der Waals surface area contributed by atoms with E-state index in [4.69, 9.17) is 10.1 Å². The molecule has 1 saturated heterocycles. The van der Waals surface area contributed by atoms with E-state index in [1.165, 1.54) is 0 Å². The molecule has 1 aliphatic carbocycles. The Hall–Kier alpha value is -1.73. The number of rotatable bonds is 2. The van der Waals surface area contributed by atoms with Crippen molar-refractivity contribution in [2.75, 3.05) is 13.2 Å². The number of aromatic amines is 1. The summed E-state index contributed by atoms with van der Waals surface area (Å²) in [7, 11) is 0. The van der Waals surface area contributed by atoms with Crippen LogP contribution in [0.15, 0.2) is 12.7 Å². The molecule has 2 aromatic rings. The molecule has 100 valence electrons. The maximum Gasteiger partial charge on any atom is 0.173 e. The van der Waals surface area contributed by atoms with Crippen molar-refractivity contribution >= 4 is 11.2 Å². The molecule has 0 amide bonds. The lowest BCUT2D eigenvalue weighted by Crippen LogP contribution is -2.28. The van der Waals surface area contributed by atoms with Crippen LogP contribution in [-0.2, 0) is 4.74 Å². The van der Waals surface area contributed by atoms with Crippen LogP contribution in [0, 0.1) is 10.8 Å². The van der Waals surface area contributed by atoms with Crippen molar-refractivity contribution < 1.29 is 9.84 Å². The Morgan fingerprint density at radius 2 is 2.37 bits per heavy atom. The van der Waals surface area contributed by atoms with Gasteiger partial charge in [0.2, 0.25) is 0 Å². The van der Waals surface area contributed by atoms with Crippen molar-refractivity contribution in [2.24, 2.45) is 5.41 Å². The lowest BCUT2D eigenvalue weighted by Gasteiger charge is -2.23. The molecule has 4 rings (SSSR count). The topological polar surface area (TPSA) is 99.8 Å². The van der Waals surface area contributed by atoms with Gasteiger partial charge in [0.25, 0.3) is 0 Å². The molecule has 2 atom stereocenters. The average molecular weight is 261 g/mol. The van der Waals surface area contributed by atoms with Crippen molar-refractivity contribution in [3.05, 3.63) is 18.1 Å². The van der Waals surface area contributed by atoms with Crippen molar-refractivity contribution in [3.63, 3.8) is 0 Å².